The Balaban J connectivity index is 2.23. The summed E-state index contributed by atoms with van der Waals surface area (Å²) in [6.07, 6.45) is 1.30. The first kappa shape index (κ1) is 12.8. The molecule has 1 amide bonds. The van der Waals surface area contributed by atoms with Crippen molar-refractivity contribution in [3.05, 3.63) is 46.6 Å². The van der Waals surface area contributed by atoms with Gasteiger partial charge in [-0.25, -0.2) is 4.98 Å². The molecule has 2 rings (SSSR count). The molecule has 0 saturated carbocycles. The number of aromatic nitrogens is 1. The molecule has 1 aromatic carbocycles. The van der Waals surface area contributed by atoms with Crippen molar-refractivity contribution in [3.63, 3.8) is 0 Å². The van der Waals surface area contributed by atoms with E-state index in [1.54, 1.807) is 0 Å². The van der Waals surface area contributed by atoms with E-state index >= 15 is 0 Å². The number of halogens is 1. The van der Waals surface area contributed by atoms with Gasteiger partial charge in [-0.3, -0.25) is 4.79 Å². The van der Waals surface area contributed by atoms with E-state index in [2.05, 4.69) is 26.2 Å². The maximum absolute atomic E-state index is 12.1. The van der Waals surface area contributed by atoms with Gasteiger partial charge in [0.25, 0.3) is 5.91 Å². The highest BCUT2D eigenvalue weighted by Gasteiger charge is 2.19. The van der Waals surface area contributed by atoms with Gasteiger partial charge in [0.1, 0.15) is 0 Å². The second-order valence-corrected chi connectivity index (χ2v) is 5.01. The van der Waals surface area contributed by atoms with Crippen molar-refractivity contribution < 1.29 is 9.21 Å². The molecule has 5 heteroatoms. The molecule has 0 fully saturated rings. The van der Waals surface area contributed by atoms with Crippen molar-refractivity contribution in [3.8, 4) is 0 Å². The molecule has 18 heavy (non-hydrogen) atoms. The summed E-state index contributed by atoms with van der Waals surface area (Å²) in [5, 5.41) is 2.79. The first-order valence-corrected chi connectivity index (χ1v) is 6.38. The summed E-state index contributed by atoms with van der Waals surface area (Å²) in [5.41, 5.74) is 1.37. The molecule has 0 spiro atoms. The highest BCUT2D eigenvalue weighted by molar-refractivity contribution is 9.10. The third-order valence-electron chi connectivity index (χ3n) is 2.47. The molecule has 1 heterocycles. The molecule has 0 radical (unpaired) electrons. The molecule has 0 aliphatic heterocycles. The van der Waals surface area contributed by atoms with Crippen LogP contribution in [0.2, 0.25) is 0 Å². The van der Waals surface area contributed by atoms with Gasteiger partial charge in [-0.15, -0.1) is 0 Å². The predicted molar refractivity (Wildman–Crippen MR) is 72.7 cm³/mol. The molecular weight excluding hydrogens is 296 g/mol. The lowest BCUT2D eigenvalue weighted by atomic mass is 10.1. The van der Waals surface area contributed by atoms with Crippen LogP contribution in [0.25, 0.3) is 0 Å². The van der Waals surface area contributed by atoms with Crippen LogP contribution in [0.15, 0.2) is 39.5 Å². The molecule has 94 valence electrons. The van der Waals surface area contributed by atoms with Gasteiger partial charge in [-0.2, -0.15) is 0 Å². The van der Waals surface area contributed by atoms with Crippen molar-refractivity contribution in [1.29, 1.82) is 0 Å². The number of rotatable bonds is 3. The molecule has 0 unspecified atom stereocenters. The number of anilines is 1. The minimum absolute atomic E-state index is 0.142. The summed E-state index contributed by atoms with van der Waals surface area (Å²) in [6.45, 7) is 3.93. The van der Waals surface area contributed by atoms with Gasteiger partial charge >= 0.3 is 0 Å². The Bertz CT molecular complexity index is 564. The fourth-order valence-electron chi connectivity index (χ4n) is 1.58. The topological polar surface area (TPSA) is 55.1 Å². The zero-order chi connectivity index (χ0) is 13.1. The summed E-state index contributed by atoms with van der Waals surface area (Å²) in [7, 11) is 0. The molecule has 0 bridgehead atoms. The Hall–Kier alpha value is -1.62. The average Bonchev–Trinajstić information content (AvgIpc) is 2.81. The minimum atomic E-state index is -0.289. The zero-order valence-corrected chi connectivity index (χ0v) is 11.7. The summed E-state index contributed by atoms with van der Waals surface area (Å²) in [6, 6.07) is 7.41. The number of nitrogens with zero attached hydrogens (tertiary/aromatic N) is 1. The molecule has 4 nitrogen and oxygen atoms in total. The van der Waals surface area contributed by atoms with E-state index in [4.69, 9.17) is 4.42 Å². The fourth-order valence-corrected chi connectivity index (χ4v) is 1.96. The average molecular weight is 309 g/mol. The van der Waals surface area contributed by atoms with E-state index in [0.29, 0.717) is 11.4 Å². The second kappa shape index (κ2) is 5.35. The van der Waals surface area contributed by atoms with Crippen LogP contribution < -0.4 is 5.32 Å². The van der Waals surface area contributed by atoms with E-state index in [0.717, 1.165) is 4.47 Å². The van der Waals surface area contributed by atoms with Crippen LogP contribution in [0.5, 0.6) is 0 Å². The van der Waals surface area contributed by atoms with Crippen LogP contribution >= 0.6 is 15.9 Å². The number of amides is 1. The smallest absolute Gasteiger partial charge is 0.293 e. The Morgan fingerprint density at radius 2 is 2.11 bits per heavy atom. The van der Waals surface area contributed by atoms with Gasteiger partial charge in [0.05, 0.1) is 11.4 Å². The lowest BCUT2D eigenvalue weighted by Gasteiger charge is -2.07. The van der Waals surface area contributed by atoms with E-state index in [1.807, 2.05) is 38.1 Å². The first-order valence-electron chi connectivity index (χ1n) is 5.59. The summed E-state index contributed by atoms with van der Waals surface area (Å²) in [5.74, 6) is 0.118. The number of oxazole rings is 1. The second-order valence-electron chi connectivity index (χ2n) is 4.16. The summed E-state index contributed by atoms with van der Waals surface area (Å²) in [4.78, 5) is 16.1. The van der Waals surface area contributed by atoms with Crippen molar-refractivity contribution in [2.24, 2.45) is 0 Å². The molecule has 1 aromatic heterocycles. The number of benzene rings is 1. The van der Waals surface area contributed by atoms with E-state index < -0.39 is 0 Å². The van der Waals surface area contributed by atoms with Crippen molar-refractivity contribution in [1.82, 2.24) is 4.98 Å². The van der Waals surface area contributed by atoms with Gasteiger partial charge in [0.15, 0.2) is 6.39 Å². The molecule has 0 saturated heterocycles. The third kappa shape index (κ3) is 2.61. The Kier molecular flexibility index (Phi) is 3.81. The number of carbonyl (C=O) groups is 1. The largest absolute Gasteiger partial charge is 0.438 e. The van der Waals surface area contributed by atoms with Crippen LogP contribution in [0.3, 0.4) is 0 Å². The monoisotopic (exact) mass is 308 g/mol. The Morgan fingerprint density at radius 1 is 1.39 bits per heavy atom. The zero-order valence-electron chi connectivity index (χ0n) is 10.1. The SMILES string of the molecule is CC(C)c1ncoc1C(=O)Nc1ccccc1Br. The predicted octanol–water partition coefficient (Wildman–Crippen LogP) is 3.81. The lowest BCUT2D eigenvalue weighted by molar-refractivity contribution is 0.0995. The van der Waals surface area contributed by atoms with Crippen LogP contribution in [-0.4, -0.2) is 10.9 Å². The van der Waals surface area contributed by atoms with E-state index in [-0.39, 0.29) is 17.6 Å². The van der Waals surface area contributed by atoms with Gasteiger partial charge in [0, 0.05) is 4.47 Å². The van der Waals surface area contributed by atoms with Crippen LogP contribution in [0, 0.1) is 0 Å². The Labute approximate surface area is 114 Å². The van der Waals surface area contributed by atoms with Crippen molar-refractivity contribution in [2.45, 2.75) is 19.8 Å². The Morgan fingerprint density at radius 3 is 2.78 bits per heavy atom. The number of hydrogen-bond donors (Lipinski definition) is 1. The summed E-state index contributed by atoms with van der Waals surface area (Å²) < 4.78 is 5.98. The van der Waals surface area contributed by atoms with Gasteiger partial charge < -0.3 is 9.73 Å². The number of carbonyl (C=O) groups excluding carboxylic acids is 1. The quantitative estimate of drug-likeness (QED) is 0.938. The molecule has 0 aliphatic rings. The van der Waals surface area contributed by atoms with Crippen molar-refractivity contribution in [2.75, 3.05) is 5.32 Å². The van der Waals surface area contributed by atoms with Crippen LogP contribution in [0.1, 0.15) is 36.0 Å². The number of para-hydroxylation sites is 1. The third-order valence-corrected chi connectivity index (χ3v) is 3.16. The normalized spacial score (nSPS) is 10.7. The molecule has 0 atom stereocenters. The maximum atomic E-state index is 12.1. The molecule has 2 aromatic rings. The molecule has 1 N–H and O–H groups in total. The minimum Gasteiger partial charge on any atom is -0.438 e. The van der Waals surface area contributed by atoms with Gasteiger partial charge in [-0.05, 0) is 34.0 Å². The highest BCUT2D eigenvalue weighted by atomic mass is 79.9. The molecule has 0 aliphatic carbocycles. The lowest BCUT2D eigenvalue weighted by Crippen LogP contribution is -2.14. The first-order chi connectivity index (χ1) is 8.59. The van der Waals surface area contributed by atoms with Gasteiger partial charge in [-0.1, -0.05) is 26.0 Å². The standard InChI is InChI=1S/C13H13BrN2O2/c1-8(2)11-12(18-7-15-11)13(17)16-10-6-4-3-5-9(10)14/h3-8H,1-2H3,(H,16,17). The fraction of sp³-hybridized carbons (Fsp3) is 0.231. The van der Waals surface area contributed by atoms with Gasteiger partial charge in [0.2, 0.25) is 5.76 Å². The summed E-state index contributed by atoms with van der Waals surface area (Å²) >= 11 is 3.37. The van der Waals surface area contributed by atoms with Crippen LogP contribution in [0.4, 0.5) is 5.69 Å². The van der Waals surface area contributed by atoms with E-state index in [9.17, 15) is 4.79 Å². The number of hydrogen-bond acceptors (Lipinski definition) is 3. The number of nitrogens with one attached hydrogen (secondary N) is 1. The van der Waals surface area contributed by atoms with Crippen LogP contribution in [-0.2, 0) is 0 Å². The molecular formula is C13H13BrN2O2. The maximum Gasteiger partial charge on any atom is 0.293 e. The van der Waals surface area contributed by atoms with Crippen molar-refractivity contribution >= 4 is 27.5 Å². The highest BCUT2D eigenvalue weighted by Crippen LogP contribution is 2.23. The van der Waals surface area contributed by atoms with E-state index in [1.165, 1.54) is 6.39 Å².